The second-order valence-corrected chi connectivity index (χ2v) is 7.00. The zero-order valence-electron chi connectivity index (χ0n) is 15.6. The van der Waals surface area contributed by atoms with Gasteiger partial charge in [0, 0.05) is 19.0 Å². The number of carbonyl (C=O) groups excluding carboxylic acids is 1. The molecule has 0 bridgehead atoms. The number of aromatic nitrogens is 2. The number of nitriles is 1. The lowest BCUT2D eigenvalue weighted by molar-refractivity contribution is -0.330. The molecule has 1 N–H and O–H groups in total. The molecule has 1 amide bonds. The first-order valence-corrected chi connectivity index (χ1v) is 9.22. The highest BCUT2D eigenvalue weighted by molar-refractivity contribution is 5.92. The molecule has 30 heavy (non-hydrogen) atoms. The Bertz CT molecular complexity index is 999. The summed E-state index contributed by atoms with van der Waals surface area (Å²) in [4.78, 5) is 12.6. The summed E-state index contributed by atoms with van der Waals surface area (Å²) in [6, 6.07) is 8.26. The van der Waals surface area contributed by atoms with Crippen LogP contribution in [-0.4, -0.2) is 47.4 Å². The summed E-state index contributed by atoms with van der Waals surface area (Å²) in [5.74, 6) is 0.445. The van der Waals surface area contributed by atoms with Crippen molar-refractivity contribution in [2.45, 2.75) is 37.9 Å². The number of aryl methyl sites for hydroxylation is 1. The number of alkyl halides is 3. The molecule has 2 aliphatic rings. The number of hydrogen-bond donors (Lipinski definition) is 1. The van der Waals surface area contributed by atoms with E-state index in [1.54, 1.807) is 18.2 Å². The predicted octanol–water partition coefficient (Wildman–Crippen LogP) is 2.18. The van der Waals surface area contributed by atoms with E-state index in [4.69, 9.17) is 14.7 Å². The third-order valence-corrected chi connectivity index (χ3v) is 4.79. The maximum absolute atomic E-state index is 12.6. The van der Waals surface area contributed by atoms with Crippen molar-refractivity contribution < 1.29 is 32.2 Å². The molecule has 2 aromatic rings. The average molecular weight is 422 g/mol. The lowest BCUT2D eigenvalue weighted by Gasteiger charge is -2.25. The van der Waals surface area contributed by atoms with Gasteiger partial charge in [0.1, 0.15) is 18.5 Å². The van der Waals surface area contributed by atoms with Crippen molar-refractivity contribution in [3.63, 3.8) is 0 Å². The molecule has 11 heteroatoms. The number of amides is 1. The van der Waals surface area contributed by atoms with Crippen LogP contribution in [-0.2, 0) is 17.7 Å². The van der Waals surface area contributed by atoms with Crippen LogP contribution >= 0.6 is 0 Å². The van der Waals surface area contributed by atoms with E-state index in [0.29, 0.717) is 24.3 Å². The number of benzene rings is 1. The quantitative estimate of drug-likeness (QED) is 0.811. The molecule has 1 aromatic heterocycles. The molecule has 0 saturated heterocycles. The van der Waals surface area contributed by atoms with Crippen molar-refractivity contribution in [3.05, 3.63) is 41.1 Å². The van der Waals surface area contributed by atoms with Crippen LogP contribution in [0.25, 0.3) is 0 Å². The van der Waals surface area contributed by atoms with Gasteiger partial charge in [-0.05, 0) is 30.2 Å². The summed E-state index contributed by atoms with van der Waals surface area (Å²) in [5.41, 5.74) is 1.43. The lowest BCUT2D eigenvalue weighted by atomic mass is 10.0. The number of fused-ring (bicyclic) bond motifs is 2. The van der Waals surface area contributed by atoms with Gasteiger partial charge in [0.15, 0.2) is 5.69 Å². The Kier molecular flexibility index (Phi) is 5.26. The number of nitrogens with one attached hydrogen (secondary N) is 1. The Labute approximate surface area is 169 Å². The van der Waals surface area contributed by atoms with Gasteiger partial charge in [0.05, 0.1) is 24.3 Å². The van der Waals surface area contributed by atoms with Crippen molar-refractivity contribution in [2.24, 2.45) is 0 Å². The van der Waals surface area contributed by atoms with E-state index in [-0.39, 0.29) is 30.6 Å². The largest absolute Gasteiger partial charge is 0.522 e. The van der Waals surface area contributed by atoms with Crippen LogP contribution in [0.5, 0.6) is 11.6 Å². The van der Waals surface area contributed by atoms with Crippen molar-refractivity contribution in [1.29, 1.82) is 5.26 Å². The lowest BCUT2D eigenvalue weighted by Crippen LogP contribution is -2.42. The van der Waals surface area contributed by atoms with Crippen LogP contribution in [0.15, 0.2) is 24.3 Å². The first-order valence-electron chi connectivity index (χ1n) is 9.22. The summed E-state index contributed by atoms with van der Waals surface area (Å²) in [6.07, 6.45) is -4.72. The number of hydrogen-bond acceptors (Lipinski definition) is 6. The molecule has 2 atom stereocenters. The fourth-order valence-corrected chi connectivity index (χ4v) is 3.38. The maximum Gasteiger partial charge on any atom is 0.522 e. The van der Waals surface area contributed by atoms with Crippen molar-refractivity contribution in [2.75, 3.05) is 13.2 Å². The second-order valence-electron chi connectivity index (χ2n) is 7.00. The van der Waals surface area contributed by atoms with Gasteiger partial charge < -0.3 is 14.8 Å². The third kappa shape index (κ3) is 4.49. The van der Waals surface area contributed by atoms with Crippen LogP contribution < -0.4 is 14.8 Å². The zero-order chi connectivity index (χ0) is 21.3. The van der Waals surface area contributed by atoms with Crippen LogP contribution in [0.1, 0.15) is 28.0 Å². The van der Waals surface area contributed by atoms with Gasteiger partial charge in [-0.3, -0.25) is 9.53 Å². The first-order chi connectivity index (χ1) is 14.3. The summed E-state index contributed by atoms with van der Waals surface area (Å²) in [6.45, 7) is -0.0450. The first kappa shape index (κ1) is 20.0. The number of rotatable bonds is 4. The Morgan fingerprint density at radius 2 is 2.23 bits per heavy atom. The number of halogens is 3. The van der Waals surface area contributed by atoms with E-state index >= 15 is 0 Å². The molecular formula is C19H17F3N4O4. The molecule has 4 rings (SSSR count). The van der Waals surface area contributed by atoms with Gasteiger partial charge in [-0.15, -0.1) is 13.2 Å². The van der Waals surface area contributed by atoms with Crippen molar-refractivity contribution >= 4 is 5.91 Å². The van der Waals surface area contributed by atoms with Gasteiger partial charge >= 0.3 is 6.36 Å². The summed E-state index contributed by atoms with van der Waals surface area (Å²) >= 11 is 0. The SMILES string of the molecule is N#Cc1ccc2c(c1)CC(NC(=O)c1cc3n(n1)CCC(COC(F)(F)F)O3)CO2. The standard InChI is InChI=1S/C19H17F3N4O4/c20-19(21,22)29-10-14-3-4-26-17(30-14)7-15(25-26)18(27)24-13-6-12-5-11(8-23)1-2-16(12)28-9-13/h1-2,5,7,13-14H,3-4,6,9-10H2,(H,24,27). The Hall–Kier alpha value is -3.26. The molecule has 0 saturated carbocycles. The summed E-state index contributed by atoms with van der Waals surface area (Å²) in [5, 5.41) is 16.0. The Morgan fingerprint density at radius 3 is 3.00 bits per heavy atom. The predicted molar refractivity (Wildman–Crippen MR) is 94.9 cm³/mol. The van der Waals surface area contributed by atoms with Gasteiger partial charge in [-0.2, -0.15) is 10.4 Å². The van der Waals surface area contributed by atoms with Gasteiger partial charge in [-0.25, -0.2) is 4.68 Å². The molecule has 0 aliphatic carbocycles. The minimum absolute atomic E-state index is 0.0963. The molecule has 3 heterocycles. The van der Waals surface area contributed by atoms with Gasteiger partial charge in [-0.1, -0.05) is 0 Å². The smallest absolute Gasteiger partial charge is 0.491 e. The van der Waals surface area contributed by atoms with Crippen LogP contribution in [0, 0.1) is 11.3 Å². The monoisotopic (exact) mass is 422 g/mol. The molecule has 0 spiro atoms. The number of carbonyl (C=O) groups is 1. The fraction of sp³-hybridized carbons (Fsp3) is 0.421. The highest BCUT2D eigenvalue weighted by atomic mass is 19.4. The van der Waals surface area contributed by atoms with E-state index in [9.17, 15) is 18.0 Å². The third-order valence-electron chi connectivity index (χ3n) is 4.79. The zero-order valence-corrected chi connectivity index (χ0v) is 15.6. The highest BCUT2D eigenvalue weighted by Crippen LogP contribution is 2.27. The molecule has 2 unspecified atom stereocenters. The molecule has 0 radical (unpaired) electrons. The van der Waals surface area contributed by atoms with E-state index in [1.807, 2.05) is 0 Å². The highest BCUT2D eigenvalue weighted by Gasteiger charge is 2.33. The number of ether oxygens (including phenoxy) is 3. The molecule has 0 fully saturated rings. The molecule has 1 aromatic carbocycles. The average Bonchev–Trinajstić information content (AvgIpc) is 3.15. The van der Waals surface area contributed by atoms with Crippen LogP contribution in [0.2, 0.25) is 0 Å². The molecular weight excluding hydrogens is 405 g/mol. The fourth-order valence-electron chi connectivity index (χ4n) is 3.38. The molecule has 2 aliphatic heterocycles. The van der Waals surface area contributed by atoms with E-state index in [1.165, 1.54) is 10.7 Å². The van der Waals surface area contributed by atoms with Crippen LogP contribution in [0.3, 0.4) is 0 Å². The summed E-state index contributed by atoms with van der Waals surface area (Å²) in [7, 11) is 0. The summed E-state index contributed by atoms with van der Waals surface area (Å²) < 4.78 is 53.0. The van der Waals surface area contributed by atoms with Gasteiger partial charge in [0.25, 0.3) is 5.91 Å². The van der Waals surface area contributed by atoms with Crippen molar-refractivity contribution in [3.8, 4) is 17.7 Å². The Morgan fingerprint density at radius 1 is 1.40 bits per heavy atom. The number of nitrogens with zero attached hydrogens (tertiary/aromatic N) is 3. The van der Waals surface area contributed by atoms with Gasteiger partial charge in [0.2, 0.25) is 5.88 Å². The molecule has 158 valence electrons. The van der Waals surface area contributed by atoms with E-state index in [2.05, 4.69) is 21.2 Å². The van der Waals surface area contributed by atoms with Crippen LogP contribution in [0.4, 0.5) is 13.2 Å². The topological polar surface area (TPSA) is 98.4 Å². The van der Waals surface area contributed by atoms with Crippen molar-refractivity contribution in [1.82, 2.24) is 15.1 Å². The minimum atomic E-state index is -4.72. The van der Waals surface area contributed by atoms with E-state index in [0.717, 1.165) is 5.56 Å². The second kappa shape index (κ2) is 7.87. The molecule has 8 nitrogen and oxygen atoms in total. The minimum Gasteiger partial charge on any atom is -0.491 e. The Balaban J connectivity index is 1.37. The maximum atomic E-state index is 12.6. The van der Waals surface area contributed by atoms with E-state index < -0.39 is 25.0 Å². The normalized spacial score (nSPS) is 20.2.